The van der Waals surface area contributed by atoms with E-state index >= 15 is 0 Å². The van der Waals surface area contributed by atoms with Crippen LogP contribution in [0.15, 0.2) is 0 Å². The van der Waals surface area contributed by atoms with Gasteiger partial charge < -0.3 is 26.4 Å². The Balaban J connectivity index is 3.21. The summed E-state index contributed by atoms with van der Waals surface area (Å²) in [7, 11) is 0. The van der Waals surface area contributed by atoms with Crippen LogP contribution in [0.25, 0.3) is 0 Å². The topological polar surface area (TPSA) is 88.4 Å². The summed E-state index contributed by atoms with van der Waals surface area (Å²) < 4.78 is 5.12. The summed E-state index contributed by atoms with van der Waals surface area (Å²) >= 11 is 0. The number of carbonyl (C=O) groups excluding carboxylic acids is 1. The van der Waals surface area contributed by atoms with E-state index in [-0.39, 0.29) is 6.09 Å². The van der Waals surface area contributed by atoms with Gasteiger partial charge >= 0.3 is 6.09 Å². The predicted molar refractivity (Wildman–Crippen MR) is 78.3 cm³/mol. The molecule has 6 heteroatoms. The number of amides is 1. The number of rotatable bonds is 10. The van der Waals surface area contributed by atoms with Crippen molar-refractivity contribution in [3.8, 4) is 0 Å². The molecule has 0 unspecified atom stereocenters. The van der Waals surface area contributed by atoms with Crippen LogP contribution in [0, 0.1) is 0 Å². The molecule has 0 bridgehead atoms. The molecule has 0 heterocycles. The maximum Gasteiger partial charge on any atom is 0.407 e. The average Bonchev–Trinajstić information content (AvgIpc) is 2.29. The summed E-state index contributed by atoms with van der Waals surface area (Å²) in [4.78, 5) is 11.3. The van der Waals surface area contributed by atoms with Crippen LogP contribution in [-0.2, 0) is 4.74 Å². The number of ether oxygens (including phenoxy) is 1. The molecule has 114 valence electrons. The Morgan fingerprint density at radius 2 is 1.58 bits per heavy atom. The lowest BCUT2D eigenvalue weighted by Crippen LogP contribution is -2.36. The second kappa shape index (κ2) is 11.0. The summed E-state index contributed by atoms with van der Waals surface area (Å²) in [5.41, 5.74) is 4.95. The molecule has 0 aromatic heterocycles. The van der Waals surface area contributed by atoms with Gasteiger partial charge in [0.05, 0.1) is 0 Å². The first-order chi connectivity index (χ1) is 8.95. The highest BCUT2D eigenvalue weighted by molar-refractivity contribution is 5.67. The van der Waals surface area contributed by atoms with Crippen LogP contribution < -0.4 is 21.7 Å². The van der Waals surface area contributed by atoms with Gasteiger partial charge in [-0.3, -0.25) is 0 Å². The van der Waals surface area contributed by atoms with E-state index in [0.717, 1.165) is 45.6 Å². The highest BCUT2D eigenvalue weighted by atomic mass is 16.6. The van der Waals surface area contributed by atoms with Gasteiger partial charge in [0.2, 0.25) is 0 Å². The molecule has 5 N–H and O–H groups in total. The Labute approximate surface area is 116 Å². The molecule has 0 radical (unpaired) electrons. The van der Waals surface area contributed by atoms with Gasteiger partial charge in [-0.05, 0) is 59.8 Å². The average molecular weight is 274 g/mol. The van der Waals surface area contributed by atoms with Gasteiger partial charge in [-0.15, -0.1) is 0 Å². The zero-order valence-electron chi connectivity index (χ0n) is 12.6. The fourth-order valence-electron chi connectivity index (χ4n) is 1.38. The van der Waals surface area contributed by atoms with Crippen LogP contribution in [0.2, 0.25) is 0 Å². The number of alkyl carbamates (subject to hydrolysis) is 1. The van der Waals surface area contributed by atoms with Crippen molar-refractivity contribution in [1.29, 1.82) is 0 Å². The molecule has 0 fully saturated rings. The van der Waals surface area contributed by atoms with E-state index in [4.69, 9.17) is 10.5 Å². The molecule has 0 rings (SSSR count). The molecule has 0 aromatic carbocycles. The van der Waals surface area contributed by atoms with Crippen molar-refractivity contribution in [2.24, 2.45) is 5.73 Å². The minimum atomic E-state index is -0.438. The van der Waals surface area contributed by atoms with E-state index in [0.29, 0.717) is 6.54 Å². The van der Waals surface area contributed by atoms with Crippen molar-refractivity contribution in [2.75, 3.05) is 39.3 Å². The Hall–Kier alpha value is -0.850. The molecule has 0 aliphatic heterocycles. The van der Waals surface area contributed by atoms with Crippen molar-refractivity contribution in [3.63, 3.8) is 0 Å². The second-order valence-corrected chi connectivity index (χ2v) is 5.42. The summed E-state index contributed by atoms with van der Waals surface area (Å²) in [5.74, 6) is 0. The van der Waals surface area contributed by atoms with Gasteiger partial charge in [0.25, 0.3) is 0 Å². The van der Waals surface area contributed by atoms with Crippen molar-refractivity contribution < 1.29 is 9.53 Å². The van der Waals surface area contributed by atoms with Crippen LogP contribution in [0.4, 0.5) is 4.79 Å². The van der Waals surface area contributed by atoms with E-state index in [1.54, 1.807) is 0 Å². The Kier molecular flexibility index (Phi) is 10.5. The molecule has 6 nitrogen and oxygen atoms in total. The van der Waals surface area contributed by atoms with Gasteiger partial charge in [-0.25, -0.2) is 4.79 Å². The van der Waals surface area contributed by atoms with E-state index in [1.807, 2.05) is 20.8 Å². The van der Waals surface area contributed by atoms with Crippen LogP contribution in [-0.4, -0.2) is 51.0 Å². The standard InChI is InChI=1S/C13H30N4O2/c1-13(2,3)19-12(18)17-11-10-16-9-5-8-15-7-4-6-14/h15-16H,4-11,14H2,1-3H3,(H,17,18). The minimum absolute atomic E-state index is 0.363. The largest absolute Gasteiger partial charge is 0.444 e. The zero-order valence-corrected chi connectivity index (χ0v) is 12.6. The quantitative estimate of drug-likeness (QED) is 0.434. The molecule has 0 saturated heterocycles. The molecule has 0 aromatic rings. The van der Waals surface area contributed by atoms with Crippen molar-refractivity contribution in [3.05, 3.63) is 0 Å². The highest BCUT2D eigenvalue weighted by Gasteiger charge is 2.15. The van der Waals surface area contributed by atoms with Gasteiger partial charge in [-0.1, -0.05) is 0 Å². The zero-order chi connectivity index (χ0) is 14.6. The first-order valence-electron chi connectivity index (χ1n) is 7.04. The summed E-state index contributed by atoms with van der Waals surface area (Å²) in [6.45, 7) is 10.5. The summed E-state index contributed by atoms with van der Waals surface area (Å²) in [6, 6.07) is 0. The second-order valence-electron chi connectivity index (χ2n) is 5.42. The molecule has 1 amide bonds. The Morgan fingerprint density at radius 1 is 1.00 bits per heavy atom. The SMILES string of the molecule is CC(C)(C)OC(=O)NCCNCCCNCCCN. The first kappa shape index (κ1) is 18.1. The summed E-state index contributed by atoms with van der Waals surface area (Å²) in [5, 5.41) is 9.28. The molecule has 0 aliphatic rings. The Bertz CT molecular complexity index is 229. The van der Waals surface area contributed by atoms with Crippen molar-refractivity contribution >= 4 is 6.09 Å². The third-order valence-electron chi connectivity index (χ3n) is 2.23. The van der Waals surface area contributed by atoms with Crippen LogP contribution in [0.5, 0.6) is 0 Å². The predicted octanol–water partition coefficient (Wildman–Crippen LogP) is 0.429. The van der Waals surface area contributed by atoms with Crippen LogP contribution in [0.3, 0.4) is 0 Å². The fourth-order valence-corrected chi connectivity index (χ4v) is 1.38. The molecular weight excluding hydrogens is 244 g/mol. The lowest BCUT2D eigenvalue weighted by atomic mass is 10.2. The maximum absolute atomic E-state index is 11.3. The van der Waals surface area contributed by atoms with Gasteiger partial charge in [-0.2, -0.15) is 0 Å². The van der Waals surface area contributed by atoms with Crippen molar-refractivity contribution in [2.45, 2.75) is 39.2 Å². The first-order valence-corrected chi connectivity index (χ1v) is 7.04. The fraction of sp³-hybridized carbons (Fsp3) is 0.923. The molecular formula is C13H30N4O2. The normalized spacial score (nSPS) is 11.4. The molecule has 19 heavy (non-hydrogen) atoms. The van der Waals surface area contributed by atoms with E-state index in [9.17, 15) is 4.79 Å². The van der Waals surface area contributed by atoms with Crippen molar-refractivity contribution in [1.82, 2.24) is 16.0 Å². The van der Waals surface area contributed by atoms with E-state index in [2.05, 4.69) is 16.0 Å². The Morgan fingerprint density at radius 3 is 2.16 bits per heavy atom. The molecule has 0 spiro atoms. The van der Waals surface area contributed by atoms with Crippen LogP contribution >= 0.6 is 0 Å². The monoisotopic (exact) mass is 274 g/mol. The minimum Gasteiger partial charge on any atom is -0.444 e. The van der Waals surface area contributed by atoms with E-state index < -0.39 is 5.60 Å². The third-order valence-corrected chi connectivity index (χ3v) is 2.23. The number of nitrogens with one attached hydrogen (secondary N) is 3. The van der Waals surface area contributed by atoms with Crippen LogP contribution in [0.1, 0.15) is 33.6 Å². The molecule has 0 aliphatic carbocycles. The molecule has 0 atom stereocenters. The number of carbonyl (C=O) groups is 1. The smallest absolute Gasteiger partial charge is 0.407 e. The number of nitrogens with two attached hydrogens (primary N) is 1. The maximum atomic E-state index is 11.3. The highest BCUT2D eigenvalue weighted by Crippen LogP contribution is 2.05. The summed E-state index contributed by atoms with van der Waals surface area (Å²) in [6.07, 6.45) is 1.72. The van der Waals surface area contributed by atoms with Gasteiger partial charge in [0.1, 0.15) is 5.60 Å². The lowest BCUT2D eigenvalue weighted by Gasteiger charge is -2.19. The van der Waals surface area contributed by atoms with Gasteiger partial charge in [0, 0.05) is 13.1 Å². The van der Waals surface area contributed by atoms with E-state index in [1.165, 1.54) is 0 Å². The number of hydrogen-bond acceptors (Lipinski definition) is 5. The molecule has 0 saturated carbocycles. The number of hydrogen-bond donors (Lipinski definition) is 4. The van der Waals surface area contributed by atoms with Gasteiger partial charge in [0.15, 0.2) is 0 Å². The lowest BCUT2D eigenvalue weighted by molar-refractivity contribution is 0.0528. The third kappa shape index (κ3) is 15.1.